The topological polar surface area (TPSA) is 168 Å². The zero-order chi connectivity index (χ0) is 31.8. The number of hydrogen-bond acceptors (Lipinski definition) is 9. The van der Waals surface area contributed by atoms with Crippen LogP contribution in [0.15, 0.2) is 84.9 Å². The van der Waals surface area contributed by atoms with Crippen molar-refractivity contribution in [2.45, 2.75) is 38.5 Å². The lowest BCUT2D eigenvalue weighted by molar-refractivity contribution is -0.384. The second-order valence-corrected chi connectivity index (χ2v) is 10.5. The number of nitrogens with one attached hydrogen (secondary N) is 2. The van der Waals surface area contributed by atoms with Crippen LogP contribution in [-0.4, -0.2) is 39.1 Å². The van der Waals surface area contributed by atoms with Gasteiger partial charge in [-0.25, -0.2) is 0 Å². The molecule has 4 N–H and O–H groups in total. The van der Waals surface area contributed by atoms with Crippen molar-refractivity contribution in [2.24, 2.45) is 0 Å². The van der Waals surface area contributed by atoms with Crippen molar-refractivity contribution in [2.75, 3.05) is 23.8 Å². The minimum atomic E-state index is -0.718. The third-order valence-corrected chi connectivity index (χ3v) is 7.56. The molecule has 0 bridgehead atoms. The summed E-state index contributed by atoms with van der Waals surface area (Å²) in [7, 11) is 0. The normalized spacial score (nSPS) is 12.3. The Hall–Kier alpha value is -5.13. The maximum Gasteiger partial charge on any atom is 0.292 e. The summed E-state index contributed by atoms with van der Waals surface area (Å²) in [5.41, 5.74) is 4.21. The molecule has 0 aliphatic carbocycles. The summed E-state index contributed by atoms with van der Waals surface area (Å²) in [6, 6.07) is 23.6. The molecule has 0 saturated heterocycles. The number of aliphatic hydroxyl groups is 2. The molecule has 11 heteroatoms. The van der Waals surface area contributed by atoms with E-state index < -0.39 is 21.7 Å². The van der Waals surface area contributed by atoms with Crippen LogP contribution < -0.4 is 10.6 Å². The second-order valence-electron chi connectivity index (χ2n) is 10.5. The SMILES string of the molecule is CC(C(=O)C(C)c1ccc(Nc2ccc(CCO)cc2)c([N+](=O)[O-])c1)c1ccc(Nc2ccc(CCO)cc2)c([N+](=O)[O-])c1. The lowest BCUT2D eigenvalue weighted by Crippen LogP contribution is -2.17. The molecule has 0 radical (unpaired) electrons. The number of carbonyl (C=O) groups excluding carboxylic acids is 1. The molecule has 4 rings (SSSR count). The molecule has 0 heterocycles. The molecular weight excluding hydrogens is 564 g/mol. The van der Waals surface area contributed by atoms with Crippen LogP contribution in [0.1, 0.15) is 47.9 Å². The molecular formula is C33H34N4O7. The molecule has 0 aliphatic rings. The summed E-state index contributed by atoms with van der Waals surface area (Å²) in [6.07, 6.45) is 1.02. The number of anilines is 4. The molecule has 2 atom stereocenters. The van der Waals surface area contributed by atoms with Crippen LogP contribution in [-0.2, 0) is 17.6 Å². The molecule has 0 fully saturated rings. The van der Waals surface area contributed by atoms with Gasteiger partial charge in [0.05, 0.1) is 9.85 Å². The van der Waals surface area contributed by atoms with E-state index in [9.17, 15) is 25.0 Å². The van der Waals surface area contributed by atoms with Gasteiger partial charge < -0.3 is 20.8 Å². The molecule has 4 aromatic rings. The highest BCUT2D eigenvalue weighted by Gasteiger charge is 2.27. The number of carbonyl (C=O) groups is 1. The first-order valence-corrected chi connectivity index (χ1v) is 14.1. The number of benzene rings is 4. The maximum atomic E-state index is 13.5. The molecule has 11 nitrogen and oxygen atoms in total. The minimum Gasteiger partial charge on any atom is -0.396 e. The van der Waals surface area contributed by atoms with Crippen LogP contribution in [0.5, 0.6) is 0 Å². The van der Waals surface area contributed by atoms with E-state index in [2.05, 4.69) is 10.6 Å². The van der Waals surface area contributed by atoms with E-state index in [0.717, 1.165) is 11.1 Å². The first kappa shape index (κ1) is 31.8. The Morgan fingerprint density at radius 2 is 1.02 bits per heavy atom. The van der Waals surface area contributed by atoms with Crippen LogP contribution in [0.4, 0.5) is 34.1 Å². The summed E-state index contributed by atoms with van der Waals surface area (Å²) in [4.78, 5) is 36.4. The van der Waals surface area contributed by atoms with Gasteiger partial charge in [-0.15, -0.1) is 0 Å². The van der Waals surface area contributed by atoms with E-state index in [0.29, 0.717) is 35.3 Å². The quantitative estimate of drug-likeness (QED) is 0.0930. The Morgan fingerprint density at radius 3 is 1.34 bits per heavy atom. The molecule has 4 aromatic carbocycles. The fraction of sp³-hybridized carbons (Fsp3) is 0.242. The average molecular weight is 599 g/mol. The number of nitro groups is 2. The zero-order valence-corrected chi connectivity index (χ0v) is 24.4. The van der Waals surface area contributed by atoms with Gasteiger partial charge in [0.2, 0.25) is 0 Å². The van der Waals surface area contributed by atoms with Crippen molar-refractivity contribution in [1.82, 2.24) is 0 Å². The van der Waals surface area contributed by atoms with Gasteiger partial charge in [-0.2, -0.15) is 0 Å². The third-order valence-electron chi connectivity index (χ3n) is 7.56. The predicted octanol–water partition coefficient (Wildman–Crippen LogP) is 6.54. The van der Waals surface area contributed by atoms with E-state index in [1.165, 1.54) is 12.1 Å². The van der Waals surface area contributed by atoms with Crippen molar-refractivity contribution in [3.63, 3.8) is 0 Å². The highest BCUT2D eigenvalue weighted by atomic mass is 16.6. The van der Waals surface area contributed by atoms with Crippen molar-refractivity contribution >= 4 is 39.9 Å². The van der Waals surface area contributed by atoms with E-state index >= 15 is 0 Å². The Labute approximate surface area is 254 Å². The van der Waals surface area contributed by atoms with Crippen molar-refractivity contribution in [3.8, 4) is 0 Å². The first-order chi connectivity index (χ1) is 21.1. The van der Waals surface area contributed by atoms with Gasteiger partial charge in [-0.05, 0) is 71.5 Å². The number of nitro benzene ring substituents is 2. The first-order valence-electron chi connectivity index (χ1n) is 14.1. The van der Waals surface area contributed by atoms with Gasteiger partial charge in [0.25, 0.3) is 11.4 Å². The van der Waals surface area contributed by atoms with E-state index in [1.807, 2.05) is 24.3 Å². The van der Waals surface area contributed by atoms with E-state index in [1.54, 1.807) is 62.4 Å². The molecule has 44 heavy (non-hydrogen) atoms. The standard InChI is InChI=1S/C33H34N4O7/c1-21(25-7-13-29(31(19-25)36(41)42)34-27-9-3-23(4-10-27)15-17-38)33(40)22(2)26-8-14-30(32(20-26)37(43)44)35-28-11-5-24(6-12-28)16-18-39/h3-14,19-22,34-35,38-39H,15-18H2,1-2H3. The van der Waals surface area contributed by atoms with Gasteiger partial charge in [-0.1, -0.05) is 50.2 Å². The third kappa shape index (κ3) is 7.63. The van der Waals surface area contributed by atoms with Gasteiger partial charge >= 0.3 is 0 Å². The Balaban J connectivity index is 1.52. The van der Waals surface area contributed by atoms with E-state index in [4.69, 9.17) is 10.2 Å². The molecule has 0 amide bonds. The Morgan fingerprint density at radius 1 is 0.659 bits per heavy atom. The number of ketones is 1. The summed E-state index contributed by atoms with van der Waals surface area (Å²) < 4.78 is 0. The Bertz CT molecular complexity index is 1520. The fourth-order valence-electron chi connectivity index (χ4n) is 4.93. The van der Waals surface area contributed by atoms with Crippen LogP contribution in [0.2, 0.25) is 0 Å². The van der Waals surface area contributed by atoms with Crippen molar-refractivity contribution < 1.29 is 24.9 Å². The lowest BCUT2D eigenvalue weighted by Gasteiger charge is -2.18. The minimum absolute atomic E-state index is 0.0246. The molecule has 0 saturated carbocycles. The second kappa shape index (κ2) is 14.4. The van der Waals surface area contributed by atoms with Crippen LogP contribution in [0.25, 0.3) is 0 Å². The molecule has 228 valence electrons. The monoisotopic (exact) mass is 598 g/mol. The summed E-state index contributed by atoms with van der Waals surface area (Å²) in [6.45, 7) is 3.37. The van der Waals surface area contributed by atoms with Crippen LogP contribution in [0, 0.1) is 20.2 Å². The molecule has 0 aliphatic heterocycles. The molecule has 0 spiro atoms. The average Bonchev–Trinajstić information content (AvgIpc) is 3.02. The van der Waals surface area contributed by atoms with Crippen LogP contribution >= 0.6 is 0 Å². The van der Waals surface area contributed by atoms with Gasteiger partial charge in [0.15, 0.2) is 0 Å². The summed E-state index contributed by atoms with van der Waals surface area (Å²) in [5, 5.41) is 48.2. The predicted molar refractivity (Wildman–Crippen MR) is 169 cm³/mol. The number of hydrogen-bond donors (Lipinski definition) is 4. The molecule has 0 aromatic heterocycles. The highest BCUT2D eigenvalue weighted by molar-refractivity contribution is 5.92. The maximum absolute atomic E-state index is 13.5. The molecule has 2 unspecified atom stereocenters. The highest BCUT2D eigenvalue weighted by Crippen LogP contribution is 2.36. The van der Waals surface area contributed by atoms with Crippen molar-refractivity contribution in [1.29, 1.82) is 0 Å². The van der Waals surface area contributed by atoms with Gasteiger partial charge in [0.1, 0.15) is 17.2 Å². The summed E-state index contributed by atoms with van der Waals surface area (Å²) >= 11 is 0. The largest absolute Gasteiger partial charge is 0.396 e. The zero-order valence-electron chi connectivity index (χ0n) is 24.4. The number of Topliss-reactive ketones (excluding diaryl/α,β-unsaturated/α-hetero) is 1. The van der Waals surface area contributed by atoms with Gasteiger partial charge in [-0.3, -0.25) is 25.0 Å². The Kier molecular flexibility index (Phi) is 10.4. The number of aliphatic hydroxyl groups excluding tert-OH is 2. The van der Waals surface area contributed by atoms with E-state index in [-0.39, 0.29) is 41.7 Å². The van der Waals surface area contributed by atoms with Crippen LogP contribution in [0.3, 0.4) is 0 Å². The van der Waals surface area contributed by atoms with Crippen molar-refractivity contribution in [3.05, 3.63) is 127 Å². The smallest absolute Gasteiger partial charge is 0.292 e. The van der Waals surface area contributed by atoms with Gasteiger partial charge in [0, 0.05) is 48.6 Å². The lowest BCUT2D eigenvalue weighted by atomic mass is 9.85. The fourth-order valence-corrected chi connectivity index (χ4v) is 4.93. The number of nitrogens with zero attached hydrogens (tertiary/aromatic N) is 2. The summed E-state index contributed by atoms with van der Waals surface area (Å²) in [5.74, 6) is -1.68. The number of rotatable bonds is 14.